The Hall–Kier alpha value is -0.810. The molecule has 4 N–H and O–H groups in total. The third-order valence-corrected chi connectivity index (χ3v) is 3.12. The summed E-state index contributed by atoms with van der Waals surface area (Å²) in [6.45, 7) is 0.901. The molecule has 0 aromatic rings. The van der Waals surface area contributed by atoms with E-state index < -0.39 is 0 Å². The van der Waals surface area contributed by atoms with Gasteiger partial charge in [-0.05, 0) is 19.3 Å². The van der Waals surface area contributed by atoms with Gasteiger partial charge in [-0.25, -0.2) is 5.84 Å². The smallest absolute Gasteiger partial charge is 0.205 e. The second-order valence-corrected chi connectivity index (χ2v) is 3.97. The number of ether oxygens (including phenoxy) is 1. The van der Waals surface area contributed by atoms with E-state index in [1.807, 2.05) is 0 Å². The first-order chi connectivity index (χ1) is 6.83. The minimum atomic E-state index is 0.461. The van der Waals surface area contributed by atoms with Gasteiger partial charge in [0.25, 0.3) is 0 Å². The van der Waals surface area contributed by atoms with Crippen LogP contribution in [0.3, 0.4) is 0 Å². The number of rotatable bonds is 2. The molecule has 3 atom stereocenters. The fourth-order valence-corrected chi connectivity index (χ4v) is 2.38. The minimum absolute atomic E-state index is 0.461. The number of guanidine groups is 1. The second-order valence-electron chi connectivity index (χ2n) is 3.97. The van der Waals surface area contributed by atoms with E-state index in [2.05, 4.69) is 15.7 Å². The van der Waals surface area contributed by atoms with Gasteiger partial charge in [-0.3, -0.25) is 10.4 Å². The second kappa shape index (κ2) is 4.14. The van der Waals surface area contributed by atoms with Gasteiger partial charge in [0, 0.05) is 19.5 Å². The van der Waals surface area contributed by atoms with Crippen LogP contribution in [0.2, 0.25) is 0 Å². The molecule has 0 saturated carbocycles. The predicted molar refractivity (Wildman–Crippen MR) is 54.7 cm³/mol. The lowest BCUT2D eigenvalue weighted by molar-refractivity contribution is 0.0930. The number of hydrogen-bond donors (Lipinski definition) is 3. The number of fused-ring (bicyclic) bond motifs is 2. The minimum Gasteiger partial charge on any atom is -0.375 e. The highest BCUT2D eigenvalue weighted by atomic mass is 16.5. The molecule has 0 aromatic heterocycles. The van der Waals surface area contributed by atoms with Crippen LogP contribution in [0.5, 0.6) is 0 Å². The molecular weight excluding hydrogens is 180 g/mol. The quantitative estimate of drug-likeness (QED) is 0.244. The maximum absolute atomic E-state index is 5.75. The van der Waals surface area contributed by atoms with Crippen LogP contribution >= 0.6 is 0 Å². The molecule has 14 heavy (non-hydrogen) atoms. The zero-order chi connectivity index (χ0) is 9.97. The summed E-state index contributed by atoms with van der Waals surface area (Å²) in [5.41, 5.74) is 2.52. The van der Waals surface area contributed by atoms with Gasteiger partial charge >= 0.3 is 0 Å². The number of nitrogens with zero attached hydrogens (tertiary/aromatic N) is 1. The predicted octanol–water partition coefficient (Wildman–Crippen LogP) is -0.407. The normalized spacial score (nSPS) is 36.1. The van der Waals surface area contributed by atoms with E-state index in [4.69, 9.17) is 10.6 Å². The summed E-state index contributed by atoms with van der Waals surface area (Å²) in [5, 5.41) is 3.18. The van der Waals surface area contributed by atoms with Gasteiger partial charge in [0.15, 0.2) is 0 Å². The molecule has 2 rings (SSSR count). The van der Waals surface area contributed by atoms with Crippen molar-refractivity contribution < 1.29 is 4.74 Å². The van der Waals surface area contributed by atoms with Crippen molar-refractivity contribution in [2.75, 3.05) is 13.6 Å². The molecule has 2 heterocycles. The molecule has 0 aliphatic carbocycles. The van der Waals surface area contributed by atoms with Crippen LogP contribution in [-0.2, 0) is 4.74 Å². The van der Waals surface area contributed by atoms with Gasteiger partial charge in [0.1, 0.15) is 0 Å². The molecule has 0 amide bonds. The first-order valence-corrected chi connectivity index (χ1v) is 5.16. The van der Waals surface area contributed by atoms with Gasteiger partial charge in [-0.2, -0.15) is 0 Å². The highest BCUT2D eigenvalue weighted by molar-refractivity contribution is 5.78. The van der Waals surface area contributed by atoms with Crippen LogP contribution in [-0.4, -0.2) is 31.8 Å². The Morgan fingerprint density at radius 3 is 2.93 bits per heavy atom. The van der Waals surface area contributed by atoms with Crippen LogP contribution < -0.4 is 16.6 Å². The van der Waals surface area contributed by atoms with Crippen molar-refractivity contribution >= 4 is 5.96 Å². The summed E-state index contributed by atoms with van der Waals surface area (Å²) in [7, 11) is 1.71. The van der Waals surface area contributed by atoms with Gasteiger partial charge in [-0.1, -0.05) is 0 Å². The van der Waals surface area contributed by atoms with E-state index in [9.17, 15) is 0 Å². The van der Waals surface area contributed by atoms with Crippen molar-refractivity contribution in [3.63, 3.8) is 0 Å². The van der Waals surface area contributed by atoms with Crippen LogP contribution in [0.4, 0.5) is 0 Å². The van der Waals surface area contributed by atoms with Crippen molar-refractivity contribution in [3.8, 4) is 0 Å². The zero-order valence-electron chi connectivity index (χ0n) is 8.49. The first kappa shape index (κ1) is 9.73. The van der Waals surface area contributed by atoms with E-state index in [0.717, 1.165) is 6.54 Å². The van der Waals surface area contributed by atoms with Crippen LogP contribution in [0, 0.1) is 5.92 Å². The van der Waals surface area contributed by atoms with Crippen molar-refractivity contribution in [2.24, 2.45) is 16.8 Å². The largest absolute Gasteiger partial charge is 0.375 e. The Morgan fingerprint density at radius 1 is 1.57 bits per heavy atom. The molecule has 2 bridgehead atoms. The van der Waals surface area contributed by atoms with Gasteiger partial charge < -0.3 is 10.1 Å². The highest BCUT2D eigenvalue weighted by Crippen LogP contribution is 2.38. The number of nitrogens with one attached hydrogen (secondary N) is 2. The van der Waals surface area contributed by atoms with E-state index in [1.54, 1.807) is 7.05 Å². The molecule has 80 valence electrons. The Bertz CT molecular complexity index is 231. The van der Waals surface area contributed by atoms with Gasteiger partial charge in [0.05, 0.1) is 12.2 Å². The molecule has 5 heteroatoms. The number of hydrazine groups is 1. The Kier molecular flexibility index (Phi) is 2.88. The standard InChI is InChI=1S/C9H18N4O/c1-11-9(13-10)12-5-6-4-7-2-3-8(6)14-7/h6-8H,2-5,10H2,1H3,(H2,11,12,13). The van der Waals surface area contributed by atoms with Crippen molar-refractivity contribution in [1.82, 2.24) is 10.7 Å². The lowest BCUT2D eigenvalue weighted by Crippen LogP contribution is -2.44. The lowest BCUT2D eigenvalue weighted by Gasteiger charge is -2.19. The van der Waals surface area contributed by atoms with Crippen LogP contribution in [0.25, 0.3) is 0 Å². The average Bonchev–Trinajstić information content (AvgIpc) is 2.80. The van der Waals surface area contributed by atoms with E-state index in [0.29, 0.717) is 24.1 Å². The molecular formula is C9H18N4O. The molecule has 2 aliphatic heterocycles. The summed E-state index contributed by atoms with van der Waals surface area (Å²) >= 11 is 0. The van der Waals surface area contributed by atoms with E-state index in [1.165, 1.54) is 19.3 Å². The average molecular weight is 198 g/mol. The fourth-order valence-electron chi connectivity index (χ4n) is 2.38. The van der Waals surface area contributed by atoms with Gasteiger partial charge in [0.2, 0.25) is 5.96 Å². The van der Waals surface area contributed by atoms with E-state index >= 15 is 0 Å². The summed E-state index contributed by atoms with van der Waals surface area (Å²) in [4.78, 5) is 3.96. The SMILES string of the molecule is CN=C(NN)NCC1CC2CCC1O2. The number of hydrogen-bond acceptors (Lipinski definition) is 3. The number of aliphatic imine (C=N–C) groups is 1. The molecule has 5 nitrogen and oxygen atoms in total. The third-order valence-electron chi connectivity index (χ3n) is 3.12. The molecule has 2 saturated heterocycles. The monoisotopic (exact) mass is 198 g/mol. The summed E-state index contributed by atoms with van der Waals surface area (Å²) in [5.74, 6) is 6.54. The van der Waals surface area contributed by atoms with Crippen molar-refractivity contribution in [3.05, 3.63) is 0 Å². The molecule has 0 aromatic carbocycles. The van der Waals surface area contributed by atoms with Crippen LogP contribution in [0.15, 0.2) is 4.99 Å². The van der Waals surface area contributed by atoms with Crippen LogP contribution in [0.1, 0.15) is 19.3 Å². The van der Waals surface area contributed by atoms with E-state index in [-0.39, 0.29) is 0 Å². The summed E-state index contributed by atoms with van der Waals surface area (Å²) in [6, 6.07) is 0. The Labute approximate surface area is 84.1 Å². The molecule has 0 spiro atoms. The maximum Gasteiger partial charge on any atom is 0.205 e. The van der Waals surface area contributed by atoms with Gasteiger partial charge in [-0.15, -0.1) is 0 Å². The topological polar surface area (TPSA) is 71.7 Å². The molecule has 2 fully saturated rings. The lowest BCUT2D eigenvalue weighted by atomic mass is 9.89. The molecule has 2 aliphatic rings. The third kappa shape index (κ3) is 1.83. The molecule has 3 unspecified atom stereocenters. The van der Waals surface area contributed by atoms with Crippen molar-refractivity contribution in [2.45, 2.75) is 31.5 Å². The fraction of sp³-hybridized carbons (Fsp3) is 0.889. The Balaban J connectivity index is 1.76. The number of nitrogens with two attached hydrogens (primary N) is 1. The molecule has 0 radical (unpaired) electrons. The van der Waals surface area contributed by atoms with Crippen molar-refractivity contribution in [1.29, 1.82) is 0 Å². The summed E-state index contributed by atoms with van der Waals surface area (Å²) in [6.07, 6.45) is 4.61. The first-order valence-electron chi connectivity index (χ1n) is 5.16. The summed E-state index contributed by atoms with van der Waals surface area (Å²) < 4.78 is 5.75. The maximum atomic E-state index is 5.75. The highest BCUT2D eigenvalue weighted by Gasteiger charge is 2.40. The Morgan fingerprint density at radius 2 is 2.43 bits per heavy atom. The zero-order valence-corrected chi connectivity index (χ0v) is 8.49.